The molecule has 2 heteroatoms. The summed E-state index contributed by atoms with van der Waals surface area (Å²) in [6, 6.07) is 0.719. The monoisotopic (exact) mass is 210 g/mol. The Morgan fingerprint density at radius 1 is 1.13 bits per heavy atom. The second-order valence-corrected chi connectivity index (χ2v) is 5.42. The Morgan fingerprint density at radius 3 is 2.73 bits per heavy atom. The topological polar surface area (TPSA) is 15.3 Å². The van der Waals surface area contributed by atoms with Gasteiger partial charge in [-0.3, -0.25) is 0 Å². The minimum atomic E-state index is 0.719. The zero-order valence-corrected chi connectivity index (χ0v) is 10.2. The van der Waals surface area contributed by atoms with E-state index in [9.17, 15) is 0 Å². The van der Waals surface area contributed by atoms with Crippen molar-refractivity contribution in [3.8, 4) is 0 Å². The normalized spacial score (nSPS) is 30.6. The molecule has 1 heterocycles. The average molecular weight is 210 g/mol. The van der Waals surface area contributed by atoms with Crippen molar-refractivity contribution in [2.45, 2.75) is 51.5 Å². The summed E-state index contributed by atoms with van der Waals surface area (Å²) < 4.78 is 0. The molecule has 2 rings (SSSR count). The summed E-state index contributed by atoms with van der Waals surface area (Å²) in [7, 11) is 0. The van der Waals surface area contributed by atoms with Crippen LogP contribution in [0.3, 0.4) is 0 Å². The van der Waals surface area contributed by atoms with Crippen LogP contribution in [0.1, 0.15) is 45.4 Å². The lowest BCUT2D eigenvalue weighted by molar-refractivity contribution is 0.195. The molecule has 2 nitrogen and oxygen atoms in total. The molecule has 1 saturated carbocycles. The highest BCUT2D eigenvalue weighted by Gasteiger charge is 2.19. The summed E-state index contributed by atoms with van der Waals surface area (Å²) in [6.45, 7) is 7.50. The molecule has 2 aliphatic rings. The first kappa shape index (κ1) is 11.4. The van der Waals surface area contributed by atoms with Gasteiger partial charge in [0.1, 0.15) is 0 Å². The molecule has 0 spiro atoms. The first-order chi connectivity index (χ1) is 7.34. The fourth-order valence-electron chi connectivity index (χ4n) is 2.61. The Bertz CT molecular complexity index is 177. The predicted molar refractivity (Wildman–Crippen MR) is 65.1 cm³/mol. The highest BCUT2D eigenvalue weighted by Crippen LogP contribution is 2.29. The molecule has 15 heavy (non-hydrogen) atoms. The Balaban J connectivity index is 1.65. The van der Waals surface area contributed by atoms with Gasteiger partial charge in [-0.15, -0.1) is 0 Å². The van der Waals surface area contributed by atoms with E-state index in [0.29, 0.717) is 0 Å². The van der Waals surface area contributed by atoms with Crippen LogP contribution in [0.4, 0.5) is 0 Å². The van der Waals surface area contributed by atoms with E-state index in [1.165, 1.54) is 64.7 Å². The maximum Gasteiger partial charge on any atom is 0.00509 e. The number of hydrogen-bond acceptors (Lipinski definition) is 2. The lowest BCUT2D eigenvalue weighted by atomic mass is 9.83. The summed E-state index contributed by atoms with van der Waals surface area (Å²) in [5, 5.41) is 3.57. The smallest absolute Gasteiger partial charge is 0.00509 e. The molecule has 0 aromatic heterocycles. The Morgan fingerprint density at radius 2 is 2.00 bits per heavy atom. The van der Waals surface area contributed by atoms with Crippen LogP contribution in [0.25, 0.3) is 0 Å². The number of rotatable bonds is 3. The van der Waals surface area contributed by atoms with Gasteiger partial charge in [-0.25, -0.2) is 0 Å². The SMILES string of the molecule is CC1CCN(CCC2CCC2)CCCN1. The molecule has 0 bridgehead atoms. The highest BCUT2D eigenvalue weighted by atomic mass is 15.1. The van der Waals surface area contributed by atoms with Crippen molar-refractivity contribution >= 4 is 0 Å². The van der Waals surface area contributed by atoms with Gasteiger partial charge in [0, 0.05) is 6.04 Å². The molecular formula is C13H26N2. The van der Waals surface area contributed by atoms with Crippen LogP contribution in [-0.4, -0.2) is 37.1 Å². The van der Waals surface area contributed by atoms with Crippen molar-refractivity contribution in [3.05, 3.63) is 0 Å². The number of hydrogen-bond donors (Lipinski definition) is 1. The minimum absolute atomic E-state index is 0.719. The molecule has 0 amide bonds. The summed E-state index contributed by atoms with van der Waals surface area (Å²) in [6.07, 6.45) is 8.62. The van der Waals surface area contributed by atoms with Gasteiger partial charge in [-0.05, 0) is 58.3 Å². The third-order valence-corrected chi connectivity index (χ3v) is 4.10. The standard InChI is InChI=1S/C13H26N2/c1-12-6-10-15(9-3-8-14-12)11-7-13-4-2-5-13/h12-14H,2-11H2,1H3. The van der Waals surface area contributed by atoms with E-state index < -0.39 is 0 Å². The summed E-state index contributed by atoms with van der Waals surface area (Å²) in [5.74, 6) is 1.07. The molecule has 1 atom stereocenters. The van der Waals surface area contributed by atoms with Crippen molar-refractivity contribution in [2.24, 2.45) is 5.92 Å². The fraction of sp³-hybridized carbons (Fsp3) is 1.00. The molecule has 1 aliphatic heterocycles. The Kier molecular flexibility index (Phi) is 4.45. The van der Waals surface area contributed by atoms with Gasteiger partial charge >= 0.3 is 0 Å². The summed E-state index contributed by atoms with van der Waals surface area (Å²) in [4.78, 5) is 2.69. The molecule has 0 aromatic carbocycles. The van der Waals surface area contributed by atoms with Gasteiger partial charge < -0.3 is 10.2 Å². The molecule has 1 N–H and O–H groups in total. The first-order valence-corrected chi connectivity index (χ1v) is 6.80. The molecule has 1 unspecified atom stereocenters. The average Bonchev–Trinajstić information content (AvgIpc) is 2.13. The maximum atomic E-state index is 3.57. The molecule has 88 valence electrons. The minimum Gasteiger partial charge on any atom is -0.314 e. The lowest BCUT2D eigenvalue weighted by Gasteiger charge is -2.31. The van der Waals surface area contributed by atoms with Crippen LogP contribution in [0.15, 0.2) is 0 Å². The van der Waals surface area contributed by atoms with Gasteiger partial charge in [0.25, 0.3) is 0 Å². The van der Waals surface area contributed by atoms with Gasteiger partial charge in [-0.1, -0.05) is 19.3 Å². The lowest BCUT2D eigenvalue weighted by Crippen LogP contribution is -2.39. The Labute approximate surface area is 94.4 Å². The van der Waals surface area contributed by atoms with E-state index in [1.807, 2.05) is 0 Å². The number of nitrogens with one attached hydrogen (secondary N) is 1. The molecule has 1 aliphatic carbocycles. The second kappa shape index (κ2) is 5.86. The molecule has 0 aromatic rings. The quantitative estimate of drug-likeness (QED) is 0.768. The van der Waals surface area contributed by atoms with E-state index >= 15 is 0 Å². The number of nitrogens with zero attached hydrogens (tertiary/aromatic N) is 1. The highest BCUT2D eigenvalue weighted by molar-refractivity contribution is 4.74. The van der Waals surface area contributed by atoms with Crippen LogP contribution < -0.4 is 5.32 Å². The first-order valence-electron chi connectivity index (χ1n) is 6.80. The van der Waals surface area contributed by atoms with Gasteiger partial charge in [-0.2, -0.15) is 0 Å². The maximum absolute atomic E-state index is 3.57. The van der Waals surface area contributed by atoms with Crippen molar-refractivity contribution in [3.63, 3.8) is 0 Å². The van der Waals surface area contributed by atoms with Crippen LogP contribution >= 0.6 is 0 Å². The zero-order valence-electron chi connectivity index (χ0n) is 10.2. The summed E-state index contributed by atoms with van der Waals surface area (Å²) >= 11 is 0. The van der Waals surface area contributed by atoms with E-state index in [4.69, 9.17) is 0 Å². The van der Waals surface area contributed by atoms with Crippen molar-refractivity contribution in [1.29, 1.82) is 0 Å². The van der Waals surface area contributed by atoms with Crippen molar-refractivity contribution < 1.29 is 0 Å². The van der Waals surface area contributed by atoms with E-state index in [2.05, 4.69) is 17.1 Å². The molecule has 2 fully saturated rings. The zero-order chi connectivity index (χ0) is 10.5. The van der Waals surface area contributed by atoms with Crippen LogP contribution in [0.5, 0.6) is 0 Å². The van der Waals surface area contributed by atoms with E-state index in [0.717, 1.165) is 12.0 Å². The third-order valence-electron chi connectivity index (χ3n) is 4.10. The Hall–Kier alpha value is -0.0800. The summed E-state index contributed by atoms with van der Waals surface area (Å²) in [5.41, 5.74) is 0. The molecular weight excluding hydrogens is 184 g/mol. The van der Waals surface area contributed by atoms with Crippen LogP contribution in [-0.2, 0) is 0 Å². The third kappa shape index (κ3) is 3.76. The van der Waals surface area contributed by atoms with Crippen LogP contribution in [0, 0.1) is 5.92 Å². The van der Waals surface area contributed by atoms with Gasteiger partial charge in [0.2, 0.25) is 0 Å². The molecule has 0 radical (unpaired) electrons. The van der Waals surface area contributed by atoms with Crippen LogP contribution in [0.2, 0.25) is 0 Å². The predicted octanol–water partition coefficient (Wildman–Crippen LogP) is 2.25. The van der Waals surface area contributed by atoms with E-state index in [-0.39, 0.29) is 0 Å². The van der Waals surface area contributed by atoms with Gasteiger partial charge in [0.05, 0.1) is 0 Å². The molecule has 1 saturated heterocycles. The second-order valence-electron chi connectivity index (χ2n) is 5.42. The van der Waals surface area contributed by atoms with E-state index in [1.54, 1.807) is 0 Å². The van der Waals surface area contributed by atoms with Crippen molar-refractivity contribution in [1.82, 2.24) is 10.2 Å². The van der Waals surface area contributed by atoms with Crippen molar-refractivity contribution in [2.75, 3.05) is 26.2 Å². The fourth-order valence-corrected chi connectivity index (χ4v) is 2.61. The largest absolute Gasteiger partial charge is 0.314 e. The van der Waals surface area contributed by atoms with Gasteiger partial charge in [0.15, 0.2) is 0 Å².